The van der Waals surface area contributed by atoms with Gasteiger partial charge in [-0.25, -0.2) is 0 Å². The summed E-state index contributed by atoms with van der Waals surface area (Å²) in [6.45, 7) is -0.103. The average Bonchev–Trinajstić information content (AvgIpc) is 2.58. The summed E-state index contributed by atoms with van der Waals surface area (Å²) in [4.78, 5) is 0. The van der Waals surface area contributed by atoms with Crippen molar-refractivity contribution < 1.29 is 18.3 Å². The van der Waals surface area contributed by atoms with Crippen LogP contribution in [0.2, 0.25) is 0 Å². The second-order valence-electron chi connectivity index (χ2n) is 3.83. The van der Waals surface area contributed by atoms with Gasteiger partial charge in [-0.2, -0.15) is 13.2 Å². The van der Waals surface area contributed by atoms with Crippen molar-refractivity contribution in [3.63, 3.8) is 0 Å². The van der Waals surface area contributed by atoms with E-state index in [4.69, 9.17) is 5.11 Å². The third kappa shape index (κ3) is 2.12. The molecule has 0 aromatic carbocycles. The fraction of sp³-hybridized carbons (Fsp3) is 0.750. The fourth-order valence-corrected chi connectivity index (χ4v) is 2.27. The number of halogens is 3. The lowest BCUT2D eigenvalue weighted by Crippen LogP contribution is -2.48. The van der Waals surface area contributed by atoms with E-state index >= 15 is 0 Å². The summed E-state index contributed by atoms with van der Waals surface area (Å²) >= 11 is 0.462. The molecule has 1 aliphatic carbocycles. The lowest BCUT2D eigenvalue weighted by molar-refractivity contribution is -0.138. The SMILES string of the molecule is OCC1(Nc2nnc(C(F)(F)F)s2)CCC1. The van der Waals surface area contributed by atoms with E-state index in [0.717, 1.165) is 19.3 Å². The molecular formula is C8H10F3N3OS. The van der Waals surface area contributed by atoms with Gasteiger partial charge in [-0.15, -0.1) is 10.2 Å². The fourth-order valence-electron chi connectivity index (χ4n) is 1.54. The molecule has 0 atom stereocenters. The largest absolute Gasteiger partial charge is 0.445 e. The summed E-state index contributed by atoms with van der Waals surface area (Å²) in [7, 11) is 0. The Morgan fingerprint density at radius 2 is 2.06 bits per heavy atom. The zero-order chi connectivity index (χ0) is 11.8. The molecule has 0 amide bonds. The smallest absolute Gasteiger partial charge is 0.394 e. The van der Waals surface area contributed by atoms with Gasteiger partial charge in [-0.05, 0) is 19.3 Å². The highest BCUT2D eigenvalue weighted by atomic mass is 32.1. The molecule has 2 N–H and O–H groups in total. The Hall–Kier alpha value is -0.890. The minimum Gasteiger partial charge on any atom is -0.394 e. The van der Waals surface area contributed by atoms with Gasteiger partial charge in [-0.1, -0.05) is 11.3 Å². The molecular weight excluding hydrogens is 243 g/mol. The third-order valence-electron chi connectivity index (χ3n) is 2.65. The highest BCUT2D eigenvalue weighted by Crippen LogP contribution is 2.38. The molecule has 0 spiro atoms. The zero-order valence-electron chi connectivity index (χ0n) is 8.21. The van der Waals surface area contributed by atoms with Crippen LogP contribution in [-0.2, 0) is 6.18 Å². The molecule has 16 heavy (non-hydrogen) atoms. The molecule has 0 saturated heterocycles. The molecule has 90 valence electrons. The number of aliphatic hydroxyl groups excluding tert-OH is 1. The molecule has 0 radical (unpaired) electrons. The monoisotopic (exact) mass is 253 g/mol. The highest BCUT2D eigenvalue weighted by Gasteiger charge is 2.39. The first-order valence-corrected chi connectivity index (χ1v) is 5.57. The second kappa shape index (κ2) is 3.85. The van der Waals surface area contributed by atoms with Crippen LogP contribution >= 0.6 is 11.3 Å². The lowest BCUT2D eigenvalue weighted by Gasteiger charge is -2.40. The van der Waals surface area contributed by atoms with E-state index in [9.17, 15) is 13.2 Å². The first-order valence-electron chi connectivity index (χ1n) is 4.75. The number of rotatable bonds is 3. The molecule has 8 heteroatoms. The Morgan fingerprint density at radius 1 is 1.38 bits per heavy atom. The van der Waals surface area contributed by atoms with Crippen LogP contribution in [0.15, 0.2) is 0 Å². The Morgan fingerprint density at radius 3 is 2.44 bits per heavy atom. The van der Waals surface area contributed by atoms with Crippen LogP contribution in [0.4, 0.5) is 18.3 Å². The van der Waals surface area contributed by atoms with Crippen molar-refractivity contribution in [3.8, 4) is 0 Å². The van der Waals surface area contributed by atoms with Crippen LogP contribution in [0, 0.1) is 0 Å². The van der Waals surface area contributed by atoms with Crippen LogP contribution in [0.5, 0.6) is 0 Å². The molecule has 0 aliphatic heterocycles. The molecule has 0 unspecified atom stereocenters. The Bertz CT molecular complexity index is 369. The van der Waals surface area contributed by atoms with Crippen LogP contribution in [0.25, 0.3) is 0 Å². The van der Waals surface area contributed by atoms with Crippen molar-refractivity contribution >= 4 is 16.5 Å². The van der Waals surface area contributed by atoms with Crippen molar-refractivity contribution in [2.75, 3.05) is 11.9 Å². The Kier molecular flexibility index (Phi) is 2.79. The van der Waals surface area contributed by atoms with Crippen molar-refractivity contribution in [1.29, 1.82) is 0 Å². The van der Waals surface area contributed by atoms with Gasteiger partial charge >= 0.3 is 6.18 Å². The predicted octanol–water partition coefficient (Wildman–Crippen LogP) is 1.88. The van der Waals surface area contributed by atoms with Gasteiger partial charge in [-0.3, -0.25) is 0 Å². The molecule has 1 fully saturated rings. The van der Waals surface area contributed by atoms with Crippen LogP contribution in [-0.4, -0.2) is 27.4 Å². The topological polar surface area (TPSA) is 58.0 Å². The lowest BCUT2D eigenvalue weighted by atomic mass is 9.78. The van der Waals surface area contributed by atoms with E-state index < -0.39 is 16.7 Å². The molecule has 1 saturated carbocycles. The summed E-state index contributed by atoms with van der Waals surface area (Å²) in [5.74, 6) is 0. The summed E-state index contributed by atoms with van der Waals surface area (Å²) in [6.07, 6.45) is -2.02. The maximum absolute atomic E-state index is 12.2. The van der Waals surface area contributed by atoms with Gasteiger partial charge in [0, 0.05) is 0 Å². The first-order chi connectivity index (χ1) is 7.45. The van der Waals surface area contributed by atoms with E-state index in [2.05, 4.69) is 15.5 Å². The molecule has 4 nitrogen and oxygen atoms in total. The Balaban J connectivity index is 2.08. The number of nitrogens with one attached hydrogen (secondary N) is 1. The maximum Gasteiger partial charge on any atom is 0.445 e. The molecule has 1 aromatic rings. The number of aromatic nitrogens is 2. The van der Waals surface area contributed by atoms with Crippen molar-refractivity contribution in [3.05, 3.63) is 5.01 Å². The average molecular weight is 253 g/mol. The van der Waals surface area contributed by atoms with Crippen LogP contribution in [0.1, 0.15) is 24.3 Å². The van der Waals surface area contributed by atoms with E-state index in [1.807, 2.05) is 0 Å². The van der Waals surface area contributed by atoms with Gasteiger partial charge in [0.2, 0.25) is 10.1 Å². The molecule has 2 rings (SSSR count). The number of anilines is 1. The second-order valence-corrected chi connectivity index (χ2v) is 4.80. The van der Waals surface area contributed by atoms with E-state index in [0.29, 0.717) is 11.3 Å². The number of aliphatic hydroxyl groups is 1. The quantitative estimate of drug-likeness (QED) is 0.863. The van der Waals surface area contributed by atoms with Crippen LogP contribution in [0.3, 0.4) is 0 Å². The summed E-state index contributed by atoms with van der Waals surface area (Å²) in [5.41, 5.74) is -0.498. The normalized spacial score (nSPS) is 19.2. The number of hydrogen-bond donors (Lipinski definition) is 2. The van der Waals surface area contributed by atoms with Gasteiger partial charge in [0.05, 0.1) is 12.1 Å². The molecule has 0 bridgehead atoms. The standard InChI is InChI=1S/C8H10F3N3OS/c9-8(10,11)5-13-14-6(16-5)12-7(4-15)2-1-3-7/h15H,1-4H2,(H,12,14). The van der Waals surface area contributed by atoms with Crippen molar-refractivity contribution in [1.82, 2.24) is 10.2 Å². The minimum atomic E-state index is -4.45. The van der Waals surface area contributed by atoms with E-state index in [1.54, 1.807) is 0 Å². The third-order valence-corrected chi connectivity index (χ3v) is 3.54. The van der Waals surface area contributed by atoms with Gasteiger partial charge in [0.25, 0.3) is 0 Å². The first kappa shape index (κ1) is 11.6. The molecule has 1 aliphatic rings. The zero-order valence-corrected chi connectivity index (χ0v) is 9.03. The van der Waals surface area contributed by atoms with Crippen LogP contribution < -0.4 is 5.32 Å². The van der Waals surface area contributed by atoms with Crippen molar-refractivity contribution in [2.45, 2.75) is 31.0 Å². The van der Waals surface area contributed by atoms with E-state index in [-0.39, 0.29) is 11.7 Å². The van der Waals surface area contributed by atoms with Crippen molar-refractivity contribution in [2.24, 2.45) is 0 Å². The summed E-state index contributed by atoms with van der Waals surface area (Å²) < 4.78 is 36.7. The van der Waals surface area contributed by atoms with E-state index in [1.165, 1.54) is 0 Å². The maximum atomic E-state index is 12.2. The summed E-state index contributed by atoms with van der Waals surface area (Å²) in [5, 5.41) is 17.6. The molecule has 1 aromatic heterocycles. The van der Waals surface area contributed by atoms with Gasteiger partial charge in [0.1, 0.15) is 0 Å². The van der Waals surface area contributed by atoms with Gasteiger partial charge in [0.15, 0.2) is 0 Å². The summed E-state index contributed by atoms with van der Waals surface area (Å²) in [6, 6.07) is 0. The highest BCUT2D eigenvalue weighted by molar-refractivity contribution is 7.15. The Labute approximate surface area is 93.5 Å². The predicted molar refractivity (Wildman–Crippen MR) is 52.2 cm³/mol. The number of alkyl halides is 3. The van der Waals surface area contributed by atoms with Gasteiger partial charge < -0.3 is 10.4 Å². The molecule has 1 heterocycles. The number of hydrogen-bond acceptors (Lipinski definition) is 5. The number of nitrogens with zero attached hydrogens (tertiary/aromatic N) is 2. The minimum absolute atomic E-state index is 0.103.